The number of anilines is 1. The number of nitrogens with one attached hydrogen (secondary N) is 1. The van der Waals surface area contributed by atoms with Crippen LogP contribution in [0.25, 0.3) is 0 Å². The summed E-state index contributed by atoms with van der Waals surface area (Å²) in [6.07, 6.45) is 3.55. The van der Waals surface area contributed by atoms with E-state index in [4.69, 9.17) is 0 Å². The molecule has 114 valence electrons. The van der Waals surface area contributed by atoms with Gasteiger partial charge in [-0.25, -0.2) is 0 Å². The van der Waals surface area contributed by atoms with Crippen LogP contribution in [0.4, 0.5) is 5.69 Å². The van der Waals surface area contributed by atoms with Crippen LogP contribution in [0.1, 0.15) is 32.6 Å². The molecule has 5 heteroatoms. The number of amides is 2. The maximum Gasteiger partial charge on any atom is 0.227 e. The molecule has 2 rings (SSSR count). The Morgan fingerprint density at radius 2 is 2.24 bits per heavy atom. The van der Waals surface area contributed by atoms with Crippen molar-refractivity contribution < 1.29 is 9.59 Å². The van der Waals surface area contributed by atoms with Gasteiger partial charge in [-0.2, -0.15) is 0 Å². The molecule has 2 amide bonds. The second kappa shape index (κ2) is 7.59. The van der Waals surface area contributed by atoms with Crippen molar-refractivity contribution in [2.24, 2.45) is 5.92 Å². The van der Waals surface area contributed by atoms with E-state index in [1.807, 2.05) is 24.3 Å². The molecule has 1 fully saturated rings. The smallest absolute Gasteiger partial charge is 0.227 e. The maximum absolute atomic E-state index is 12.1. The number of hydrogen-bond acceptors (Lipinski definition) is 2. The van der Waals surface area contributed by atoms with Crippen molar-refractivity contribution in [3.63, 3.8) is 0 Å². The van der Waals surface area contributed by atoms with Gasteiger partial charge in [0.05, 0.1) is 5.92 Å². The quantitative estimate of drug-likeness (QED) is 0.799. The molecule has 1 aromatic rings. The highest BCUT2D eigenvalue weighted by molar-refractivity contribution is 9.10. The highest BCUT2D eigenvalue weighted by Gasteiger charge is 2.34. The molecule has 1 aliphatic rings. The van der Waals surface area contributed by atoms with Gasteiger partial charge in [0.15, 0.2) is 0 Å². The Kier molecular flexibility index (Phi) is 5.79. The summed E-state index contributed by atoms with van der Waals surface area (Å²) in [6.45, 7) is 3.30. The van der Waals surface area contributed by atoms with E-state index >= 15 is 0 Å². The number of benzene rings is 1. The molecular weight excluding hydrogens is 332 g/mol. The number of carbonyl (C=O) groups is 2. The number of hydrogen-bond donors (Lipinski definition) is 1. The Morgan fingerprint density at radius 3 is 2.95 bits per heavy atom. The topological polar surface area (TPSA) is 49.4 Å². The zero-order valence-electron chi connectivity index (χ0n) is 12.3. The first-order valence-electron chi connectivity index (χ1n) is 7.45. The molecule has 1 atom stereocenters. The molecule has 1 aliphatic heterocycles. The van der Waals surface area contributed by atoms with E-state index in [9.17, 15) is 9.59 Å². The van der Waals surface area contributed by atoms with E-state index in [0.717, 1.165) is 29.4 Å². The van der Waals surface area contributed by atoms with Gasteiger partial charge in [-0.05, 0) is 24.6 Å². The van der Waals surface area contributed by atoms with Crippen LogP contribution in [0.2, 0.25) is 0 Å². The highest BCUT2D eigenvalue weighted by Crippen LogP contribution is 2.27. The van der Waals surface area contributed by atoms with Crippen LogP contribution in [0, 0.1) is 5.92 Å². The van der Waals surface area contributed by atoms with Gasteiger partial charge in [-0.1, -0.05) is 41.8 Å². The molecule has 0 radical (unpaired) electrons. The van der Waals surface area contributed by atoms with Crippen LogP contribution >= 0.6 is 15.9 Å². The number of nitrogens with zero attached hydrogens (tertiary/aromatic N) is 1. The van der Waals surface area contributed by atoms with E-state index < -0.39 is 0 Å². The minimum atomic E-state index is -0.238. The summed E-state index contributed by atoms with van der Waals surface area (Å²) in [5.74, 6) is -0.225. The third-order valence-corrected chi connectivity index (χ3v) is 4.19. The summed E-state index contributed by atoms with van der Waals surface area (Å²) < 4.78 is 0.931. The standard InChI is InChI=1S/C16H21BrN2O2/c1-2-3-4-8-18-16(21)12-9-15(20)19(11-12)14-7-5-6-13(17)10-14/h5-7,10,12H,2-4,8-9,11H2,1H3,(H,18,21). The normalized spacial score (nSPS) is 18.1. The van der Waals surface area contributed by atoms with Crippen molar-refractivity contribution in [2.45, 2.75) is 32.6 Å². The molecule has 4 nitrogen and oxygen atoms in total. The van der Waals surface area contributed by atoms with E-state index in [1.165, 1.54) is 0 Å². The number of carbonyl (C=O) groups excluding carboxylic acids is 2. The summed E-state index contributed by atoms with van der Waals surface area (Å²) in [6, 6.07) is 7.61. The van der Waals surface area contributed by atoms with E-state index in [-0.39, 0.29) is 17.7 Å². The summed E-state index contributed by atoms with van der Waals surface area (Å²) in [7, 11) is 0. The number of unbranched alkanes of at least 4 members (excludes halogenated alkanes) is 2. The van der Waals surface area contributed by atoms with Crippen molar-refractivity contribution in [3.05, 3.63) is 28.7 Å². The lowest BCUT2D eigenvalue weighted by molar-refractivity contribution is -0.126. The Labute approximate surface area is 134 Å². The summed E-state index contributed by atoms with van der Waals surface area (Å²) in [5.41, 5.74) is 0.843. The van der Waals surface area contributed by atoms with Crippen molar-refractivity contribution in [1.29, 1.82) is 0 Å². The second-order valence-electron chi connectivity index (χ2n) is 5.38. The third-order valence-electron chi connectivity index (χ3n) is 3.70. The predicted molar refractivity (Wildman–Crippen MR) is 87.1 cm³/mol. The van der Waals surface area contributed by atoms with Crippen molar-refractivity contribution >= 4 is 33.4 Å². The largest absolute Gasteiger partial charge is 0.356 e. The zero-order chi connectivity index (χ0) is 15.2. The molecule has 1 N–H and O–H groups in total. The van der Waals surface area contributed by atoms with Crippen LogP contribution < -0.4 is 10.2 Å². The molecule has 0 bridgehead atoms. The molecule has 1 unspecified atom stereocenters. The van der Waals surface area contributed by atoms with E-state index in [1.54, 1.807) is 4.90 Å². The predicted octanol–water partition coefficient (Wildman–Crippen LogP) is 3.11. The van der Waals surface area contributed by atoms with Gasteiger partial charge < -0.3 is 10.2 Å². The minimum Gasteiger partial charge on any atom is -0.356 e. The Balaban J connectivity index is 1.91. The lowest BCUT2D eigenvalue weighted by Crippen LogP contribution is -2.33. The van der Waals surface area contributed by atoms with Crippen LogP contribution in [0.15, 0.2) is 28.7 Å². The Morgan fingerprint density at radius 1 is 1.43 bits per heavy atom. The molecule has 1 aromatic carbocycles. The van der Waals surface area contributed by atoms with E-state index in [2.05, 4.69) is 28.2 Å². The lowest BCUT2D eigenvalue weighted by atomic mass is 10.1. The van der Waals surface area contributed by atoms with Crippen LogP contribution in [-0.2, 0) is 9.59 Å². The van der Waals surface area contributed by atoms with Crippen molar-refractivity contribution in [3.8, 4) is 0 Å². The zero-order valence-corrected chi connectivity index (χ0v) is 13.9. The average molecular weight is 353 g/mol. The van der Waals surface area contributed by atoms with Gasteiger partial charge in [0.1, 0.15) is 0 Å². The van der Waals surface area contributed by atoms with Gasteiger partial charge in [0.25, 0.3) is 0 Å². The summed E-state index contributed by atoms with van der Waals surface area (Å²) in [4.78, 5) is 25.9. The Hall–Kier alpha value is -1.36. The van der Waals surface area contributed by atoms with Gasteiger partial charge in [0.2, 0.25) is 11.8 Å². The van der Waals surface area contributed by atoms with Crippen LogP contribution in [0.5, 0.6) is 0 Å². The first-order valence-corrected chi connectivity index (χ1v) is 8.24. The van der Waals surface area contributed by atoms with Crippen LogP contribution in [0.3, 0.4) is 0 Å². The van der Waals surface area contributed by atoms with Crippen molar-refractivity contribution in [2.75, 3.05) is 18.0 Å². The monoisotopic (exact) mass is 352 g/mol. The van der Waals surface area contributed by atoms with E-state index in [0.29, 0.717) is 19.5 Å². The summed E-state index contributed by atoms with van der Waals surface area (Å²) in [5, 5.41) is 2.94. The fourth-order valence-corrected chi connectivity index (χ4v) is 2.89. The molecule has 1 saturated heterocycles. The SMILES string of the molecule is CCCCCNC(=O)C1CC(=O)N(c2cccc(Br)c2)C1. The molecule has 0 saturated carbocycles. The average Bonchev–Trinajstić information content (AvgIpc) is 2.85. The first-order chi connectivity index (χ1) is 10.1. The van der Waals surface area contributed by atoms with Crippen molar-refractivity contribution in [1.82, 2.24) is 5.32 Å². The van der Waals surface area contributed by atoms with Gasteiger partial charge in [0, 0.05) is 29.7 Å². The highest BCUT2D eigenvalue weighted by atomic mass is 79.9. The van der Waals surface area contributed by atoms with Gasteiger partial charge in [-0.15, -0.1) is 0 Å². The summed E-state index contributed by atoms with van der Waals surface area (Å²) >= 11 is 3.40. The molecule has 0 aromatic heterocycles. The fourth-order valence-electron chi connectivity index (χ4n) is 2.51. The first kappa shape index (κ1) is 16.0. The number of halogens is 1. The maximum atomic E-state index is 12.1. The van der Waals surface area contributed by atoms with Gasteiger partial charge in [-0.3, -0.25) is 9.59 Å². The molecule has 0 spiro atoms. The molecule has 1 heterocycles. The number of rotatable bonds is 6. The molecule has 21 heavy (non-hydrogen) atoms. The minimum absolute atomic E-state index is 0.00282. The Bertz CT molecular complexity index is 519. The fraction of sp³-hybridized carbons (Fsp3) is 0.500. The third kappa shape index (κ3) is 4.30. The van der Waals surface area contributed by atoms with Crippen LogP contribution in [-0.4, -0.2) is 24.9 Å². The molecule has 0 aliphatic carbocycles. The second-order valence-corrected chi connectivity index (χ2v) is 6.30. The van der Waals surface area contributed by atoms with Gasteiger partial charge >= 0.3 is 0 Å². The lowest BCUT2D eigenvalue weighted by Gasteiger charge is -2.17. The molecular formula is C16H21BrN2O2.